The van der Waals surface area contributed by atoms with Crippen LogP contribution in [-0.4, -0.2) is 54.4 Å². The van der Waals surface area contributed by atoms with E-state index in [1.165, 1.54) is 12.1 Å². The van der Waals surface area contributed by atoms with Crippen molar-refractivity contribution >= 4 is 21.8 Å². The maximum absolute atomic E-state index is 16.0. The van der Waals surface area contributed by atoms with Gasteiger partial charge in [0.05, 0.1) is 45.1 Å². The number of aryl methyl sites for hydroxylation is 4. The number of benzene rings is 7. The Labute approximate surface area is 428 Å². The minimum atomic E-state index is -4.83. The fourth-order valence-electron chi connectivity index (χ4n) is 9.57. The van der Waals surface area contributed by atoms with E-state index in [1.54, 1.807) is 12.1 Å². The van der Waals surface area contributed by atoms with Crippen LogP contribution in [0.4, 0.5) is 13.2 Å². The average Bonchev–Trinajstić information content (AvgIpc) is 3.77. The summed E-state index contributed by atoms with van der Waals surface area (Å²) in [4.78, 5) is 48.4. The van der Waals surface area contributed by atoms with Gasteiger partial charge in [0.25, 0.3) is 0 Å². The van der Waals surface area contributed by atoms with Gasteiger partial charge in [-0.2, -0.15) is 13.2 Å². The molecule has 0 fully saturated rings. The van der Waals surface area contributed by atoms with Crippen LogP contribution in [0.3, 0.4) is 0 Å². The zero-order valence-electron chi connectivity index (χ0n) is 40.9. The van der Waals surface area contributed by atoms with E-state index in [4.69, 9.17) is 39.9 Å². The van der Waals surface area contributed by atoms with Gasteiger partial charge in [0.1, 0.15) is 23.3 Å². The fourth-order valence-corrected chi connectivity index (χ4v) is 9.57. The lowest BCUT2D eigenvalue weighted by atomic mass is 9.95. The first-order valence-electron chi connectivity index (χ1n) is 24.1. The summed E-state index contributed by atoms with van der Waals surface area (Å²) in [6.45, 7) is 7.24. The summed E-state index contributed by atoms with van der Waals surface area (Å²) in [6, 6.07) is 55.6. The second-order valence-corrected chi connectivity index (χ2v) is 18.1. The number of rotatable bonds is 9. The molecule has 14 heteroatoms. The van der Waals surface area contributed by atoms with Crippen LogP contribution in [0.15, 0.2) is 182 Å². The highest BCUT2D eigenvalue weighted by Gasteiger charge is 2.35. The molecule has 75 heavy (non-hydrogen) atoms. The van der Waals surface area contributed by atoms with Gasteiger partial charge in [0, 0.05) is 55.3 Å². The largest absolute Gasteiger partial charge is 0.416 e. The molecule has 5 heterocycles. The minimum Gasteiger partial charge on any atom is -0.308 e. The van der Waals surface area contributed by atoms with E-state index in [1.807, 2.05) is 190 Å². The maximum Gasteiger partial charge on any atom is 0.416 e. The summed E-state index contributed by atoms with van der Waals surface area (Å²) in [5, 5.41) is 1.61. The number of nitrogens with zero attached hydrogens (tertiary/aromatic N) is 11. The van der Waals surface area contributed by atoms with Crippen molar-refractivity contribution in [3.8, 4) is 96.3 Å². The Morgan fingerprint density at radius 1 is 0.320 bits per heavy atom. The molecular weight excluding hydrogens is 944 g/mol. The van der Waals surface area contributed by atoms with Crippen LogP contribution in [0.2, 0.25) is 0 Å². The van der Waals surface area contributed by atoms with Gasteiger partial charge < -0.3 is 4.57 Å². The van der Waals surface area contributed by atoms with E-state index in [9.17, 15) is 0 Å². The third-order valence-electron chi connectivity index (χ3n) is 12.9. The lowest BCUT2D eigenvalue weighted by Crippen LogP contribution is -2.10. The minimum absolute atomic E-state index is 0.158. The van der Waals surface area contributed by atoms with E-state index < -0.39 is 11.7 Å². The van der Waals surface area contributed by atoms with Crippen LogP contribution >= 0.6 is 0 Å². The van der Waals surface area contributed by atoms with Crippen molar-refractivity contribution in [2.24, 2.45) is 0 Å². The summed E-state index contributed by atoms with van der Waals surface area (Å²) in [5.41, 5.74) is 6.73. The van der Waals surface area contributed by atoms with Crippen molar-refractivity contribution in [1.29, 1.82) is 0 Å². The van der Waals surface area contributed by atoms with Crippen molar-refractivity contribution in [2.45, 2.75) is 33.9 Å². The van der Waals surface area contributed by atoms with E-state index in [0.29, 0.717) is 97.0 Å². The Hall–Kier alpha value is -9.69. The number of fused-ring (bicyclic) bond motifs is 3. The van der Waals surface area contributed by atoms with Crippen molar-refractivity contribution in [2.75, 3.05) is 0 Å². The average molecular weight is 986 g/mol. The molecule has 0 atom stereocenters. The predicted molar refractivity (Wildman–Crippen MR) is 286 cm³/mol. The van der Waals surface area contributed by atoms with E-state index in [0.717, 1.165) is 21.9 Å². The number of alkyl halides is 3. The standard InChI is InChI=1S/C61H42F3N11/c1-35-65-36(2)68-59(67-35)43-25-27-46-47-28-26-44(60-69-37(3)66-38(4)70-60)30-55(47)75(54(46)29-43)56-48(52-33-50(39-17-9-5-10-18-39)71-57(73-52)41-21-13-7-14-22-41)31-45(61(62,63)64)32-49(56)53-34-51(40-19-11-6-12-20-40)72-58(74-53)42-23-15-8-16-24-42/h5-34H,1-4H3. The summed E-state index contributed by atoms with van der Waals surface area (Å²) >= 11 is 0. The zero-order chi connectivity index (χ0) is 51.4. The zero-order valence-corrected chi connectivity index (χ0v) is 40.9. The van der Waals surface area contributed by atoms with Crippen molar-refractivity contribution in [3.63, 3.8) is 0 Å². The Morgan fingerprint density at radius 3 is 1.01 bits per heavy atom. The van der Waals surface area contributed by atoms with Crippen molar-refractivity contribution < 1.29 is 13.2 Å². The summed E-state index contributed by atoms with van der Waals surface area (Å²) in [6.07, 6.45) is -4.83. The van der Waals surface area contributed by atoms with Gasteiger partial charge in [-0.3, -0.25) is 0 Å². The van der Waals surface area contributed by atoms with Gasteiger partial charge in [-0.15, -0.1) is 0 Å². The third kappa shape index (κ3) is 9.03. The molecule has 0 unspecified atom stereocenters. The van der Waals surface area contributed by atoms with Gasteiger partial charge >= 0.3 is 6.18 Å². The number of hydrogen-bond donors (Lipinski definition) is 0. The molecule has 0 aliphatic rings. The van der Waals surface area contributed by atoms with Crippen LogP contribution in [0.1, 0.15) is 28.9 Å². The fraction of sp³-hybridized carbons (Fsp3) is 0.0820. The van der Waals surface area contributed by atoms with Gasteiger partial charge in [0.15, 0.2) is 23.3 Å². The van der Waals surface area contributed by atoms with Gasteiger partial charge in [0.2, 0.25) is 0 Å². The smallest absolute Gasteiger partial charge is 0.308 e. The summed E-state index contributed by atoms with van der Waals surface area (Å²) < 4.78 is 50.1. The quantitative estimate of drug-likeness (QED) is 0.138. The van der Waals surface area contributed by atoms with Crippen LogP contribution in [0, 0.1) is 27.7 Å². The molecule has 5 aromatic heterocycles. The molecule has 0 radical (unpaired) electrons. The molecule has 0 aliphatic carbocycles. The van der Waals surface area contributed by atoms with Crippen LogP contribution in [0.25, 0.3) is 118 Å². The first kappa shape index (κ1) is 46.4. The van der Waals surface area contributed by atoms with Crippen LogP contribution in [-0.2, 0) is 6.18 Å². The molecule has 0 saturated heterocycles. The monoisotopic (exact) mass is 985 g/mol. The SMILES string of the molecule is Cc1nc(C)nc(-c2ccc3c4ccc(-c5nc(C)nc(C)n5)cc4n(-c4c(-c5cc(-c6ccccc6)nc(-c6ccccc6)n5)cc(C(F)(F)F)cc4-c4cc(-c5ccccc5)nc(-c5ccccc5)n4)c3c2)n1. The number of aromatic nitrogens is 11. The first-order valence-corrected chi connectivity index (χ1v) is 24.1. The topological polar surface area (TPSA) is 134 Å². The van der Waals surface area contributed by atoms with Gasteiger partial charge in [-0.1, -0.05) is 146 Å². The molecule has 11 nitrogen and oxygen atoms in total. The van der Waals surface area contributed by atoms with Crippen molar-refractivity contribution in [3.05, 3.63) is 211 Å². The molecule has 0 saturated carbocycles. The molecular formula is C61H42F3N11. The Morgan fingerprint density at radius 2 is 0.653 bits per heavy atom. The molecule has 0 N–H and O–H groups in total. The molecule has 12 aromatic rings. The molecule has 12 rings (SSSR count). The molecule has 7 aromatic carbocycles. The normalized spacial score (nSPS) is 11.7. The lowest BCUT2D eigenvalue weighted by molar-refractivity contribution is -0.137. The first-order chi connectivity index (χ1) is 36.4. The molecule has 362 valence electrons. The van der Waals surface area contributed by atoms with E-state index >= 15 is 13.2 Å². The highest BCUT2D eigenvalue weighted by atomic mass is 19.4. The van der Waals surface area contributed by atoms with Gasteiger partial charge in [-0.05, 0) is 64.1 Å². The molecule has 0 aliphatic heterocycles. The summed E-state index contributed by atoms with van der Waals surface area (Å²) in [5.74, 6) is 3.68. The Balaban J connectivity index is 1.28. The van der Waals surface area contributed by atoms with Crippen molar-refractivity contribution in [1.82, 2.24) is 54.4 Å². The molecule has 0 amide bonds. The number of halogens is 3. The Bertz CT molecular complexity index is 3740. The second-order valence-electron chi connectivity index (χ2n) is 18.1. The molecule has 0 bridgehead atoms. The summed E-state index contributed by atoms with van der Waals surface area (Å²) in [7, 11) is 0. The maximum atomic E-state index is 16.0. The highest BCUT2D eigenvalue weighted by Crippen LogP contribution is 2.46. The second kappa shape index (κ2) is 18.7. The molecule has 0 spiro atoms. The Kier molecular flexibility index (Phi) is 11.6. The highest BCUT2D eigenvalue weighted by molar-refractivity contribution is 6.12. The lowest BCUT2D eigenvalue weighted by Gasteiger charge is -2.22. The van der Waals surface area contributed by atoms with E-state index in [-0.39, 0.29) is 22.5 Å². The number of hydrogen-bond acceptors (Lipinski definition) is 10. The van der Waals surface area contributed by atoms with Gasteiger partial charge in [-0.25, -0.2) is 49.8 Å². The van der Waals surface area contributed by atoms with E-state index in [2.05, 4.69) is 9.97 Å². The van der Waals surface area contributed by atoms with Crippen LogP contribution in [0.5, 0.6) is 0 Å². The predicted octanol–water partition coefficient (Wildman–Crippen LogP) is 14.3. The van der Waals surface area contributed by atoms with Crippen LogP contribution < -0.4 is 0 Å². The third-order valence-corrected chi connectivity index (χ3v) is 12.9.